The SMILES string of the molecule is O=C(Cc1cc(F)cc(F)c1)NC1CC1. The first kappa shape index (κ1) is 10.1. The van der Waals surface area contributed by atoms with Crippen LogP contribution in [-0.4, -0.2) is 11.9 Å². The highest BCUT2D eigenvalue weighted by molar-refractivity contribution is 5.79. The van der Waals surface area contributed by atoms with Crippen LogP contribution in [0.2, 0.25) is 0 Å². The molecule has 1 aliphatic carbocycles. The summed E-state index contributed by atoms with van der Waals surface area (Å²) >= 11 is 0. The van der Waals surface area contributed by atoms with Crippen molar-refractivity contribution in [3.05, 3.63) is 35.4 Å². The molecule has 1 aromatic carbocycles. The number of rotatable bonds is 3. The number of nitrogens with one attached hydrogen (secondary N) is 1. The molecule has 1 saturated carbocycles. The van der Waals surface area contributed by atoms with E-state index in [1.54, 1.807) is 0 Å². The van der Waals surface area contributed by atoms with Gasteiger partial charge in [0.25, 0.3) is 0 Å². The van der Waals surface area contributed by atoms with E-state index in [2.05, 4.69) is 5.32 Å². The van der Waals surface area contributed by atoms with Crippen molar-refractivity contribution in [1.82, 2.24) is 5.32 Å². The highest BCUT2D eigenvalue weighted by atomic mass is 19.1. The number of benzene rings is 1. The predicted molar refractivity (Wildman–Crippen MR) is 51.2 cm³/mol. The molecular formula is C11H11F2NO. The standard InChI is InChI=1S/C11H11F2NO/c12-8-3-7(4-9(13)6-8)5-11(15)14-10-1-2-10/h3-4,6,10H,1-2,5H2,(H,14,15). The van der Waals surface area contributed by atoms with Gasteiger partial charge in [0.05, 0.1) is 6.42 Å². The lowest BCUT2D eigenvalue weighted by Crippen LogP contribution is -2.27. The van der Waals surface area contributed by atoms with Gasteiger partial charge in [0.1, 0.15) is 11.6 Å². The number of hydrogen-bond donors (Lipinski definition) is 1. The molecule has 2 nitrogen and oxygen atoms in total. The van der Waals surface area contributed by atoms with Crippen LogP contribution < -0.4 is 5.32 Å². The van der Waals surface area contributed by atoms with E-state index in [-0.39, 0.29) is 18.4 Å². The maximum absolute atomic E-state index is 12.8. The van der Waals surface area contributed by atoms with Crippen LogP contribution in [0.15, 0.2) is 18.2 Å². The minimum absolute atomic E-state index is 0.0329. The zero-order chi connectivity index (χ0) is 10.8. The van der Waals surface area contributed by atoms with Gasteiger partial charge in [-0.25, -0.2) is 8.78 Å². The van der Waals surface area contributed by atoms with Crippen LogP contribution in [0.4, 0.5) is 8.78 Å². The van der Waals surface area contributed by atoms with Crippen molar-refractivity contribution in [1.29, 1.82) is 0 Å². The first-order valence-electron chi connectivity index (χ1n) is 4.88. The Hall–Kier alpha value is -1.45. The van der Waals surface area contributed by atoms with Crippen molar-refractivity contribution in [3.8, 4) is 0 Å². The van der Waals surface area contributed by atoms with Crippen LogP contribution in [0.5, 0.6) is 0 Å². The van der Waals surface area contributed by atoms with Crippen LogP contribution in [0.25, 0.3) is 0 Å². The van der Waals surface area contributed by atoms with E-state index in [4.69, 9.17) is 0 Å². The summed E-state index contributed by atoms with van der Waals surface area (Å²) in [5.41, 5.74) is 0.366. The molecule has 0 bridgehead atoms. The molecule has 1 amide bonds. The number of halogens is 2. The molecule has 0 unspecified atom stereocenters. The van der Waals surface area contributed by atoms with E-state index in [9.17, 15) is 13.6 Å². The van der Waals surface area contributed by atoms with Gasteiger partial charge in [-0.15, -0.1) is 0 Å². The maximum atomic E-state index is 12.8. The molecule has 4 heteroatoms. The summed E-state index contributed by atoms with van der Waals surface area (Å²) in [5, 5.41) is 2.76. The zero-order valence-electron chi connectivity index (χ0n) is 8.09. The summed E-state index contributed by atoms with van der Waals surface area (Å²) in [7, 11) is 0. The topological polar surface area (TPSA) is 29.1 Å². The molecule has 0 spiro atoms. The zero-order valence-corrected chi connectivity index (χ0v) is 8.09. The molecular weight excluding hydrogens is 200 g/mol. The fraction of sp³-hybridized carbons (Fsp3) is 0.364. The number of hydrogen-bond acceptors (Lipinski definition) is 1. The monoisotopic (exact) mass is 211 g/mol. The molecule has 0 atom stereocenters. The van der Waals surface area contributed by atoms with Crippen LogP contribution in [0, 0.1) is 11.6 Å². The summed E-state index contributed by atoms with van der Waals surface area (Å²) in [5.74, 6) is -1.48. The quantitative estimate of drug-likeness (QED) is 0.811. The average molecular weight is 211 g/mol. The van der Waals surface area contributed by atoms with Crippen LogP contribution in [0.1, 0.15) is 18.4 Å². The van der Waals surface area contributed by atoms with Crippen molar-refractivity contribution < 1.29 is 13.6 Å². The second-order valence-electron chi connectivity index (χ2n) is 3.80. The number of amides is 1. The van der Waals surface area contributed by atoms with Crippen molar-refractivity contribution in [2.45, 2.75) is 25.3 Å². The molecule has 80 valence electrons. The van der Waals surface area contributed by atoms with Crippen molar-refractivity contribution in [2.24, 2.45) is 0 Å². The van der Waals surface area contributed by atoms with Gasteiger partial charge in [-0.3, -0.25) is 4.79 Å². The van der Waals surface area contributed by atoms with Gasteiger partial charge in [-0.1, -0.05) is 0 Å². The van der Waals surface area contributed by atoms with Crippen molar-refractivity contribution in [2.75, 3.05) is 0 Å². The van der Waals surface area contributed by atoms with E-state index < -0.39 is 11.6 Å². The van der Waals surface area contributed by atoms with E-state index >= 15 is 0 Å². The van der Waals surface area contributed by atoms with E-state index in [0.717, 1.165) is 18.9 Å². The maximum Gasteiger partial charge on any atom is 0.224 e. The first-order valence-corrected chi connectivity index (χ1v) is 4.88. The highest BCUT2D eigenvalue weighted by Crippen LogP contribution is 2.18. The van der Waals surface area contributed by atoms with Gasteiger partial charge in [-0.2, -0.15) is 0 Å². The Labute approximate surface area is 86.3 Å². The summed E-state index contributed by atoms with van der Waals surface area (Å²) in [6.45, 7) is 0. The summed E-state index contributed by atoms with van der Waals surface area (Å²) in [6.07, 6.45) is 2.04. The van der Waals surface area contributed by atoms with Crippen LogP contribution in [0.3, 0.4) is 0 Å². The molecule has 2 rings (SSSR count). The summed E-state index contributed by atoms with van der Waals surface area (Å²) in [6, 6.07) is 3.42. The fourth-order valence-electron chi connectivity index (χ4n) is 1.40. The Bertz CT molecular complexity index is 368. The molecule has 0 aliphatic heterocycles. The molecule has 0 aromatic heterocycles. The molecule has 15 heavy (non-hydrogen) atoms. The van der Waals surface area contributed by atoms with Gasteiger partial charge < -0.3 is 5.32 Å². The molecule has 1 fully saturated rings. The third kappa shape index (κ3) is 3.01. The van der Waals surface area contributed by atoms with Gasteiger partial charge in [0, 0.05) is 12.1 Å². The minimum atomic E-state index is -0.649. The predicted octanol–water partition coefficient (Wildman–Crippen LogP) is 1.79. The molecule has 0 saturated heterocycles. The number of carbonyl (C=O) groups is 1. The second-order valence-corrected chi connectivity index (χ2v) is 3.80. The largest absolute Gasteiger partial charge is 0.353 e. The summed E-state index contributed by atoms with van der Waals surface area (Å²) < 4.78 is 25.6. The minimum Gasteiger partial charge on any atom is -0.353 e. The smallest absolute Gasteiger partial charge is 0.224 e. The Kier molecular flexibility index (Phi) is 2.66. The first-order chi connectivity index (χ1) is 7.13. The number of carbonyl (C=O) groups excluding carboxylic acids is 1. The molecule has 1 aliphatic rings. The van der Waals surface area contributed by atoms with E-state index in [1.807, 2.05) is 0 Å². The van der Waals surface area contributed by atoms with Gasteiger partial charge in [0.2, 0.25) is 5.91 Å². The van der Waals surface area contributed by atoms with E-state index in [1.165, 1.54) is 12.1 Å². The second kappa shape index (κ2) is 3.96. The molecule has 0 heterocycles. The lowest BCUT2D eigenvalue weighted by molar-refractivity contribution is -0.120. The molecule has 1 aromatic rings. The third-order valence-electron chi connectivity index (χ3n) is 2.23. The average Bonchev–Trinajstić information content (AvgIpc) is 2.85. The highest BCUT2D eigenvalue weighted by Gasteiger charge is 2.23. The third-order valence-corrected chi connectivity index (χ3v) is 2.23. The van der Waals surface area contributed by atoms with Gasteiger partial charge >= 0.3 is 0 Å². The van der Waals surface area contributed by atoms with Gasteiger partial charge in [0.15, 0.2) is 0 Å². The Morgan fingerprint density at radius 3 is 2.40 bits per heavy atom. The molecule has 1 N–H and O–H groups in total. The summed E-state index contributed by atoms with van der Waals surface area (Å²) in [4.78, 5) is 11.3. The lowest BCUT2D eigenvalue weighted by Gasteiger charge is -2.03. The van der Waals surface area contributed by atoms with E-state index in [0.29, 0.717) is 5.56 Å². The Morgan fingerprint density at radius 2 is 1.87 bits per heavy atom. The Balaban J connectivity index is 1.99. The fourth-order valence-corrected chi connectivity index (χ4v) is 1.40. The van der Waals surface area contributed by atoms with Crippen LogP contribution in [-0.2, 0) is 11.2 Å². The van der Waals surface area contributed by atoms with Gasteiger partial charge in [-0.05, 0) is 30.5 Å². The van der Waals surface area contributed by atoms with Crippen molar-refractivity contribution >= 4 is 5.91 Å². The molecule has 0 radical (unpaired) electrons. The normalized spacial score (nSPS) is 15.1. The Morgan fingerprint density at radius 1 is 1.27 bits per heavy atom. The van der Waals surface area contributed by atoms with Crippen molar-refractivity contribution in [3.63, 3.8) is 0 Å². The lowest BCUT2D eigenvalue weighted by atomic mass is 10.1. The van der Waals surface area contributed by atoms with Crippen LogP contribution >= 0.6 is 0 Å².